The van der Waals surface area contributed by atoms with Crippen molar-refractivity contribution >= 4 is 60.2 Å². The Bertz CT molecular complexity index is 2040. The topological polar surface area (TPSA) is 78.6 Å². The molecule has 7 rings (SSSR count). The molecule has 1 aliphatic carbocycles. The van der Waals surface area contributed by atoms with Crippen LogP contribution in [0.4, 0.5) is 17.1 Å². The number of hydrogen-bond donors (Lipinski definition) is 1. The summed E-state index contributed by atoms with van der Waals surface area (Å²) in [6, 6.07) is 31.2. The van der Waals surface area contributed by atoms with Crippen LogP contribution in [0.1, 0.15) is 76.3 Å². The Morgan fingerprint density at radius 3 is 1.24 bits per heavy atom. The molecule has 2 unspecified atom stereocenters. The molecule has 5 heteroatoms. The van der Waals surface area contributed by atoms with E-state index in [0.29, 0.717) is 5.69 Å². The van der Waals surface area contributed by atoms with Gasteiger partial charge in [0.05, 0.1) is 11.4 Å². The van der Waals surface area contributed by atoms with Gasteiger partial charge in [-0.25, -0.2) is 0 Å². The van der Waals surface area contributed by atoms with Crippen LogP contribution in [0.3, 0.4) is 0 Å². The molecule has 6 aromatic carbocycles. The second-order valence-electron chi connectivity index (χ2n) is 13.9. The van der Waals surface area contributed by atoms with Crippen molar-refractivity contribution in [2.75, 3.05) is 41.7 Å². The first-order chi connectivity index (χ1) is 24.0. The Kier molecular flexibility index (Phi) is 9.41. The van der Waals surface area contributed by atoms with Crippen LogP contribution < -0.4 is 25.7 Å². The maximum atomic E-state index is 14.9. The van der Waals surface area contributed by atoms with Gasteiger partial charge >= 0.3 is 0 Å². The van der Waals surface area contributed by atoms with Crippen LogP contribution in [-0.2, 0) is 0 Å². The highest BCUT2D eigenvalue weighted by molar-refractivity contribution is 6.18. The minimum Gasteiger partial charge on any atom is -0.851 e. The lowest BCUT2D eigenvalue weighted by Crippen LogP contribution is -2.63. The zero-order chi connectivity index (χ0) is 34.2. The maximum absolute atomic E-state index is 14.9. The fourth-order valence-corrected chi connectivity index (χ4v) is 8.88. The average molecular weight is 652 g/mol. The van der Waals surface area contributed by atoms with Crippen molar-refractivity contribution in [1.29, 1.82) is 0 Å². The van der Waals surface area contributed by atoms with Crippen molar-refractivity contribution in [1.82, 2.24) is 0 Å². The first kappa shape index (κ1) is 33.2. The second-order valence-corrected chi connectivity index (χ2v) is 13.9. The molecule has 0 aromatic heterocycles. The summed E-state index contributed by atoms with van der Waals surface area (Å²) in [5, 5.41) is 38.1. The molecule has 2 atom stereocenters. The van der Waals surface area contributed by atoms with E-state index >= 15 is 0 Å². The molecular weight excluding hydrogens is 603 g/mol. The number of nitrogens with two attached hydrogens (primary N) is 1. The molecule has 2 N–H and O–H groups in total. The van der Waals surface area contributed by atoms with Crippen LogP contribution in [-0.4, -0.2) is 38.4 Å². The molecular formula is C44H49N3O2-2. The fraction of sp³-hybridized carbons (Fsp3) is 0.364. The summed E-state index contributed by atoms with van der Waals surface area (Å²) in [5.74, 6) is -1.38. The highest BCUT2D eigenvalue weighted by Crippen LogP contribution is 2.55. The third kappa shape index (κ3) is 5.39. The first-order valence-corrected chi connectivity index (χ1v) is 18.4. The molecule has 0 aliphatic heterocycles. The Balaban J connectivity index is 1.44. The number of benzene rings is 6. The Hall–Kier alpha value is -4.32. The third-order valence-electron chi connectivity index (χ3n) is 10.7. The van der Waals surface area contributed by atoms with Gasteiger partial charge in [-0.2, -0.15) is 0 Å². The number of rotatable bonds is 12. The van der Waals surface area contributed by atoms with Gasteiger partial charge in [0.15, 0.2) is 0 Å². The third-order valence-corrected chi connectivity index (χ3v) is 10.7. The van der Waals surface area contributed by atoms with Gasteiger partial charge in [0, 0.05) is 58.8 Å². The average Bonchev–Trinajstić information content (AvgIpc) is 3.11. The SMILES string of the molecule is CCCN(CCC)c1c2ccccc2c(C2C([O-])C(c3c4ccccc4c(N(CCC)CCC)c4cccc(N)c34)C2[O-])c2ccccc12. The highest BCUT2D eigenvalue weighted by atomic mass is 16.3. The zero-order valence-electron chi connectivity index (χ0n) is 29.4. The van der Waals surface area contributed by atoms with Gasteiger partial charge in [-0.1, -0.05) is 113 Å². The van der Waals surface area contributed by atoms with E-state index in [0.717, 1.165) is 112 Å². The van der Waals surface area contributed by atoms with Crippen molar-refractivity contribution in [2.24, 2.45) is 0 Å². The van der Waals surface area contributed by atoms with Crippen molar-refractivity contribution in [3.63, 3.8) is 0 Å². The van der Waals surface area contributed by atoms with Gasteiger partial charge in [-0.05, 0) is 70.9 Å². The van der Waals surface area contributed by atoms with Crippen molar-refractivity contribution in [2.45, 2.75) is 77.4 Å². The molecule has 0 spiro atoms. The van der Waals surface area contributed by atoms with Gasteiger partial charge in [0.25, 0.3) is 0 Å². The van der Waals surface area contributed by atoms with Gasteiger partial charge in [-0.3, -0.25) is 0 Å². The summed E-state index contributed by atoms with van der Waals surface area (Å²) < 4.78 is 0. The molecule has 5 nitrogen and oxygen atoms in total. The van der Waals surface area contributed by atoms with Crippen LogP contribution in [0.25, 0.3) is 43.1 Å². The van der Waals surface area contributed by atoms with Crippen molar-refractivity contribution in [3.05, 3.63) is 102 Å². The van der Waals surface area contributed by atoms with Crippen LogP contribution >= 0.6 is 0 Å². The Labute approximate surface area is 290 Å². The number of nitrogen functional groups attached to an aromatic ring is 1. The standard InChI is InChI=1S/C44H49N3O2/c1-5-24-46(25-6-2)41-31-19-12-9-16-28(31)36(29-17-10-13-20-32(29)41)39-43(48)40(44(39)49)38-30-18-11-14-21-33(30)42(47(26-7-3)27-8-4)34-22-15-23-35(45)37(34)38/h9-23,39-40,43-44H,5-8,24-27,45H2,1-4H3/q-2. The Morgan fingerprint density at radius 1 is 0.469 bits per heavy atom. The van der Waals surface area contributed by atoms with Crippen molar-refractivity contribution < 1.29 is 10.2 Å². The molecule has 0 saturated heterocycles. The second kappa shape index (κ2) is 13.9. The van der Waals surface area contributed by atoms with Gasteiger partial charge in [0.1, 0.15) is 0 Å². The summed E-state index contributed by atoms with van der Waals surface area (Å²) >= 11 is 0. The number of fused-ring (bicyclic) bond motifs is 4. The smallest absolute Gasteiger partial charge is 0.0526 e. The molecule has 0 radical (unpaired) electrons. The number of hydrogen-bond acceptors (Lipinski definition) is 5. The number of nitrogens with zero attached hydrogens (tertiary/aromatic N) is 2. The largest absolute Gasteiger partial charge is 0.851 e. The predicted molar refractivity (Wildman–Crippen MR) is 206 cm³/mol. The van der Waals surface area contributed by atoms with E-state index in [2.05, 4.69) is 98.2 Å². The molecule has 1 fully saturated rings. The van der Waals surface area contributed by atoms with E-state index in [4.69, 9.17) is 5.73 Å². The normalized spacial score (nSPS) is 19.1. The van der Waals surface area contributed by atoms with E-state index < -0.39 is 24.0 Å². The summed E-state index contributed by atoms with van der Waals surface area (Å²) in [4.78, 5) is 4.95. The first-order valence-electron chi connectivity index (χ1n) is 18.4. The summed E-state index contributed by atoms with van der Waals surface area (Å²) in [5.41, 5.74) is 11.6. The molecule has 0 bridgehead atoms. The molecule has 0 amide bonds. The lowest BCUT2D eigenvalue weighted by Gasteiger charge is -2.62. The van der Waals surface area contributed by atoms with Gasteiger partial charge in [-0.15, -0.1) is 12.2 Å². The minimum atomic E-state index is -1.11. The molecule has 254 valence electrons. The monoisotopic (exact) mass is 651 g/mol. The van der Waals surface area contributed by atoms with Crippen LogP contribution in [0.5, 0.6) is 0 Å². The van der Waals surface area contributed by atoms with Gasteiger partial charge in [0.2, 0.25) is 0 Å². The molecule has 1 aliphatic rings. The summed E-state index contributed by atoms with van der Waals surface area (Å²) in [6.07, 6.45) is 1.90. The Morgan fingerprint density at radius 2 is 0.816 bits per heavy atom. The summed E-state index contributed by atoms with van der Waals surface area (Å²) in [6.45, 7) is 12.6. The van der Waals surface area contributed by atoms with E-state index in [1.807, 2.05) is 30.3 Å². The van der Waals surface area contributed by atoms with E-state index in [1.54, 1.807) is 0 Å². The zero-order valence-corrected chi connectivity index (χ0v) is 29.4. The lowest BCUT2D eigenvalue weighted by molar-refractivity contribution is -0.535. The molecule has 6 aromatic rings. The highest BCUT2D eigenvalue weighted by Gasteiger charge is 2.42. The predicted octanol–water partition coefficient (Wildman–Crippen LogP) is 8.47. The summed E-state index contributed by atoms with van der Waals surface area (Å²) in [7, 11) is 0. The lowest BCUT2D eigenvalue weighted by atomic mass is 9.60. The maximum Gasteiger partial charge on any atom is 0.0526 e. The van der Waals surface area contributed by atoms with E-state index in [-0.39, 0.29) is 0 Å². The van der Waals surface area contributed by atoms with Crippen LogP contribution in [0, 0.1) is 0 Å². The molecule has 49 heavy (non-hydrogen) atoms. The fourth-order valence-electron chi connectivity index (χ4n) is 8.88. The quantitative estimate of drug-likeness (QED) is 0.106. The van der Waals surface area contributed by atoms with E-state index in [1.165, 1.54) is 5.69 Å². The van der Waals surface area contributed by atoms with Crippen LogP contribution in [0.2, 0.25) is 0 Å². The van der Waals surface area contributed by atoms with Crippen LogP contribution in [0.15, 0.2) is 91.0 Å². The molecule has 0 heterocycles. The van der Waals surface area contributed by atoms with E-state index in [9.17, 15) is 10.2 Å². The minimum absolute atomic E-state index is 0.627. The van der Waals surface area contributed by atoms with Gasteiger partial charge < -0.3 is 25.7 Å². The number of anilines is 3. The van der Waals surface area contributed by atoms with Crippen molar-refractivity contribution in [3.8, 4) is 0 Å². The molecule has 1 saturated carbocycles.